The maximum Gasteiger partial charge on any atom is 0.0931 e. The molecule has 0 radical (unpaired) electrons. The summed E-state index contributed by atoms with van der Waals surface area (Å²) in [5, 5.41) is 22.4. The number of nitrogens with zero attached hydrogens (tertiary/aromatic N) is 1. The van der Waals surface area contributed by atoms with Crippen LogP contribution in [-0.2, 0) is 0 Å². The summed E-state index contributed by atoms with van der Waals surface area (Å²) in [7, 11) is 0. The summed E-state index contributed by atoms with van der Waals surface area (Å²) in [4.78, 5) is 0. The molecule has 2 N–H and O–H groups in total. The summed E-state index contributed by atoms with van der Waals surface area (Å²) in [5.41, 5.74) is 0.698. The molecule has 3 heteroatoms. The van der Waals surface area contributed by atoms with Gasteiger partial charge < -0.3 is 10.3 Å². The zero-order chi connectivity index (χ0) is 11.3. The van der Waals surface area contributed by atoms with Gasteiger partial charge >= 0.3 is 0 Å². The normalized spacial score (nSPS) is 48.4. The van der Waals surface area contributed by atoms with Gasteiger partial charge in [-0.05, 0) is 63.2 Å². The fraction of sp³-hybridized carbons (Fsp3) is 0.923. The first-order valence-electron chi connectivity index (χ1n) is 6.53. The third-order valence-electron chi connectivity index (χ3n) is 5.09. The van der Waals surface area contributed by atoms with Gasteiger partial charge in [0.2, 0.25) is 0 Å². The highest BCUT2D eigenvalue weighted by Crippen LogP contribution is 2.60. The lowest BCUT2D eigenvalue weighted by Crippen LogP contribution is -2.52. The lowest BCUT2D eigenvalue weighted by molar-refractivity contribution is -0.0185. The Hall–Kier alpha value is -0.570. The van der Waals surface area contributed by atoms with E-state index in [0.29, 0.717) is 5.71 Å². The molecular weight excluding hydrogens is 202 g/mol. The number of aliphatic hydroxyl groups is 1. The van der Waals surface area contributed by atoms with Gasteiger partial charge in [-0.15, -0.1) is 0 Å². The van der Waals surface area contributed by atoms with Crippen molar-refractivity contribution in [1.29, 1.82) is 0 Å². The van der Waals surface area contributed by atoms with Gasteiger partial charge in [-0.3, -0.25) is 0 Å². The van der Waals surface area contributed by atoms with Gasteiger partial charge in [0.05, 0.1) is 11.8 Å². The summed E-state index contributed by atoms with van der Waals surface area (Å²) < 4.78 is 0. The average molecular weight is 223 g/mol. The minimum atomic E-state index is -0.596. The number of rotatable bonds is 2. The van der Waals surface area contributed by atoms with Crippen LogP contribution in [-0.4, -0.2) is 22.1 Å². The largest absolute Gasteiger partial charge is 0.411 e. The van der Waals surface area contributed by atoms with Crippen LogP contribution in [0, 0.1) is 23.2 Å². The molecule has 0 spiro atoms. The van der Waals surface area contributed by atoms with Gasteiger partial charge in [-0.2, -0.15) is 0 Å². The summed E-state index contributed by atoms with van der Waals surface area (Å²) in [6.07, 6.45) is 6.95. The highest BCUT2D eigenvalue weighted by molar-refractivity contribution is 5.93. The molecule has 0 aliphatic heterocycles. The highest BCUT2D eigenvalue weighted by Gasteiger charge is 2.54. The van der Waals surface area contributed by atoms with E-state index in [1.807, 2.05) is 0 Å². The van der Waals surface area contributed by atoms with E-state index >= 15 is 0 Å². The predicted molar refractivity (Wildman–Crippen MR) is 61.5 cm³/mol. The lowest BCUT2D eigenvalue weighted by Gasteiger charge is -2.57. The van der Waals surface area contributed by atoms with E-state index < -0.39 is 6.10 Å². The van der Waals surface area contributed by atoms with Crippen LogP contribution in [0.3, 0.4) is 0 Å². The minimum Gasteiger partial charge on any atom is -0.411 e. The molecule has 90 valence electrons. The number of hydrogen-bond donors (Lipinski definition) is 2. The first kappa shape index (κ1) is 10.6. The van der Waals surface area contributed by atoms with Crippen molar-refractivity contribution >= 4 is 5.71 Å². The lowest BCUT2D eigenvalue weighted by atomic mass is 9.48. The van der Waals surface area contributed by atoms with Crippen molar-refractivity contribution in [1.82, 2.24) is 0 Å². The van der Waals surface area contributed by atoms with Crippen LogP contribution >= 0.6 is 0 Å². The van der Waals surface area contributed by atoms with Crippen molar-refractivity contribution in [3.05, 3.63) is 0 Å². The minimum absolute atomic E-state index is 0.0394. The van der Waals surface area contributed by atoms with Crippen LogP contribution in [0.5, 0.6) is 0 Å². The molecule has 4 saturated carbocycles. The Morgan fingerprint density at radius 3 is 1.88 bits per heavy atom. The van der Waals surface area contributed by atoms with Gasteiger partial charge in [0.1, 0.15) is 0 Å². The van der Waals surface area contributed by atoms with Gasteiger partial charge in [0.15, 0.2) is 0 Å². The fourth-order valence-corrected chi connectivity index (χ4v) is 5.06. The summed E-state index contributed by atoms with van der Waals surface area (Å²) in [6, 6.07) is 0. The maximum absolute atomic E-state index is 9.78. The highest BCUT2D eigenvalue weighted by atomic mass is 16.4. The van der Waals surface area contributed by atoms with Crippen LogP contribution < -0.4 is 0 Å². The van der Waals surface area contributed by atoms with Crippen LogP contribution in [0.2, 0.25) is 0 Å². The van der Waals surface area contributed by atoms with E-state index in [4.69, 9.17) is 0 Å². The molecule has 4 bridgehead atoms. The second kappa shape index (κ2) is 3.46. The van der Waals surface area contributed by atoms with E-state index in [1.165, 1.54) is 19.3 Å². The summed E-state index contributed by atoms with van der Waals surface area (Å²) in [6.45, 7) is 1.73. The molecule has 4 rings (SSSR count). The second-order valence-corrected chi connectivity index (χ2v) is 6.36. The molecule has 16 heavy (non-hydrogen) atoms. The standard InChI is InChI=1S/C13H21NO2/c1-8(15)12(14-16)13-5-9-2-10(6-13)4-11(3-9)7-13/h8-11,15-16H,2-7H2,1H3/b14-12-. The number of oxime groups is 1. The topological polar surface area (TPSA) is 52.8 Å². The van der Waals surface area contributed by atoms with Crippen molar-refractivity contribution in [3.8, 4) is 0 Å². The first-order chi connectivity index (χ1) is 7.63. The molecule has 4 aliphatic carbocycles. The molecular formula is C13H21NO2. The molecule has 0 aromatic heterocycles. The van der Waals surface area contributed by atoms with Gasteiger partial charge in [-0.1, -0.05) is 5.16 Å². The van der Waals surface area contributed by atoms with E-state index in [0.717, 1.165) is 37.0 Å². The SMILES string of the molecule is CC(O)/C(=N/O)C12CC3CC(CC(C3)C1)C2. The Labute approximate surface area is 96.5 Å². The zero-order valence-electron chi connectivity index (χ0n) is 9.89. The zero-order valence-corrected chi connectivity index (χ0v) is 9.89. The Morgan fingerprint density at radius 1 is 1.12 bits per heavy atom. The Kier molecular flexibility index (Phi) is 2.29. The molecule has 4 fully saturated rings. The summed E-state index contributed by atoms with van der Waals surface area (Å²) >= 11 is 0. The Morgan fingerprint density at radius 2 is 1.56 bits per heavy atom. The fourth-order valence-electron chi connectivity index (χ4n) is 5.06. The van der Waals surface area contributed by atoms with E-state index in [-0.39, 0.29) is 5.41 Å². The van der Waals surface area contributed by atoms with E-state index in [2.05, 4.69) is 5.16 Å². The number of hydrogen-bond acceptors (Lipinski definition) is 3. The molecule has 0 aromatic rings. The molecule has 0 saturated heterocycles. The van der Waals surface area contributed by atoms with Crippen LogP contribution in [0.25, 0.3) is 0 Å². The molecule has 1 unspecified atom stereocenters. The van der Waals surface area contributed by atoms with Crippen molar-refractivity contribution < 1.29 is 10.3 Å². The monoisotopic (exact) mass is 223 g/mol. The molecule has 3 nitrogen and oxygen atoms in total. The molecule has 1 atom stereocenters. The van der Waals surface area contributed by atoms with Crippen molar-refractivity contribution in [2.75, 3.05) is 0 Å². The van der Waals surface area contributed by atoms with Gasteiger partial charge in [-0.25, -0.2) is 0 Å². The smallest absolute Gasteiger partial charge is 0.0931 e. The average Bonchev–Trinajstić information content (AvgIpc) is 2.14. The molecule has 0 aromatic carbocycles. The second-order valence-electron chi connectivity index (χ2n) is 6.36. The van der Waals surface area contributed by atoms with E-state index in [9.17, 15) is 10.3 Å². The maximum atomic E-state index is 9.78. The third-order valence-corrected chi connectivity index (χ3v) is 5.09. The van der Waals surface area contributed by atoms with Crippen LogP contribution in [0.15, 0.2) is 5.16 Å². The van der Waals surface area contributed by atoms with E-state index in [1.54, 1.807) is 6.92 Å². The third kappa shape index (κ3) is 1.41. The predicted octanol–water partition coefficient (Wildman–Crippen LogP) is 2.41. The quantitative estimate of drug-likeness (QED) is 0.429. The van der Waals surface area contributed by atoms with Gasteiger partial charge in [0, 0.05) is 5.41 Å². The Bertz CT molecular complexity index is 287. The summed E-state index contributed by atoms with van der Waals surface area (Å²) in [5.74, 6) is 2.46. The van der Waals surface area contributed by atoms with Crippen LogP contribution in [0.4, 0.5) is 0 Å². The molecule has 0 amide bonds. The van der Waals surface area contributed by atoms with Gasteiger partial charge in [0.25, 0.3) is 0 Å². The van der Waals surface area contributed by atoms with Crippen molar-refractivity contribution in [2.45, 2.75) is 51.6 Å². The van der Waals surface area contributed by atoms with Crippen molar-refractivity contribution in [2.24, 2.45) is 28.3 Å². The molecule has 0 heterocycles. The molecule has 4 aliphatic rings. The number of aliphatic hydroxyl groups excluding tert-OH is 1. The van der Waals surface area contributed by atoms with Crippen molar-refractivity contribution in [3.63, 3.8) is 0 Å². The first-order valence-corrected chi connectivity index (χ1v) is 6.53. The Balaban J connectivity index is 1.93. The van der Waals surface area contributed by atoms with Crippen LogP contribution in [0.1, 0.15) is 45.4 Å².